The summed E-state index contributed by atoms with van der Waals surface area (Å²) in [7, 11) is 0. The minimum Gasteiger partial charge on any atom is -0.481 e. The molecule has 1 fully saturated rings. The van der Waals surface area contributed by atoms with E-state index in [0.29, 0.717) is 6.42 Å². The lowest BCUT2D eigenvalue weighted by molar-refractivity contribution is -0.140. The molecule has 10 heavy (non-hydrogen) atoms. The van der Waals surface area contributed by atoms with Crippen molar-refractivity contribution in [1.29, 1.82) is 0 Å². The van der Waals surface area contributed by atoms with Crippen LogP contribution in [0.4, 0.5) is 0 Å². The average molecular weight is 140 g/mol. The lowest BCUT2D eigenvalue weighted by Crippen LogP contribution is -2.16. The maximum Gasteiger partial charge on any atom is 0.310 e. The molecule has 2 rings (SSSR count). The number of carbonyl (C=O) groups is 1. The van der Waals surface area contributed by atoms with Crippen LogP contribution >= 0.6 is 0 Å². The van der Waals surface area contributed by atoms with Crippen molar-refractivity contribution in [3.05, 3.63) is 12.2 Å². The van der Waals surface area contributed by atoms with Crippen molar-refractivity contribution in [2.24, 2.45) is 5.92 Å². The third-order valence-corrected chi connectivity index (χ3v) is 1.96. The molecule has 0 aromatic rings. The van der Waals surface area contributed by atoms with E-state index >= 15 is 0 Å². The SMILES string of the molecule is O=C(O)[C@@H]1C=C[C@H]2O[C@H]2C1. The number of fused-ring (bicyclic) bond motifs is 1. The predicted octanol–water partition coefficient (Wildman–Crippen LogP) is 0.414. The number of ether oxygens (including phenoxy) is 1. The van der Waals surface area contributed by atoms with Gasteiger partial charge in [0.25, 0.3) is 0 Å². The summed E-state index contributed by atoms with van der Waals surface area (Å²) in [5, 5.41) is 8.57. The standard InChI is InChI=1S/C7H8O3/c8-7(9)4-1-2-5-6(3-4)10-5/h1-2,4-6H,3H2,(H,8,9)/t4-,5-,6+/m1/s1. The molecule has 3 heteroatoms. The second-order valence-electron chi connectivity index (χ2n) is 2.70. The molecule has 0 bridgehead atoms. The molecule has 1 N–H and O–H groups in total. The molecule has 0 aromatic heterocycles. The van der Waals surface area contributed by atoms with Gasteiger partial charge in [-0.2, -0.15) is 0 Å². The van der Waals surface area contributed by atoms with Crippen LogP contribution in [0, 0.1) is 5.92 Å². The van der Waals surface area contributed by atoms with E-state index in [1.807, 2.05) is 6.08 Å². The fourth-order valence-corrected chi connectivity index (χ4v) is 1.27. The highest BCUT2D eigenvalue weighted by Crippen LogP contribution is 2.34. The van der Waals surface area contributed by atoms with Crippen LogP contribution in [-0.2, 0) is 9.53 Å². The highest BCUT2D eigenvalue weighted by molar-refractivity contribution is 5.72. The maximum absolute atomic E-state index is 10.4. The van der Waals surface area contributed by atoms with Crippen molar-refractivity contribution < 1.29 is 14.6 Å². The van der Waals surface area contributed by atoms with Gasteiger partial charge < -0.3 is 9.84 Å². The Labute approximate surface area is 58.3 Å². The summed E-state index contributed by atoms with van der Waals surface area (Å²) in [6, 6.07) is 0. The van der Waals surface area contributed by atoms with Crippen molar-refractivity contribution >= 4 is 5.97 Å². The number of hydrogen-bond donors (Lipinski definition) is 1. The summed E-state index contributed by atoms with van der Waals surface area (Å²) in [4.78, 5) is 10.4. The first-order chi connectivity index (χ1) is 4.77. The molecule has 1 saturated heterocycles. The summed E-state index contributed by atoms with van der Waals surface area (Å²) in [5.41, 5.74) is 0. The molecular weight excluding hydrogens is 132 g/mol. The van der Waals surface area contributed by atoms with E-state index in [2.05, 4.69) is 0 Å². The highest BCUT2D eigenvalue weighted by Gasteiger charge is 2.42. The zero-order valence-corrected chi connectivity index (χ0v) is 5.36. The van der Waals surface area contributed by atoms with Gasteiger partial charge in [0, 0.05) is 0 Å². The molecule has 0 saturated carbocycles. The lowest BCUT2D eigenvalue weighted by atomic mass is 9.96. The van der Waals surface area contributed by atoms with Crippen molar-refractivity contribution in [3.63, 3.8) is 0 Å². The summed E-state index contributed by atoms with van der Waals surface area (Å²) < 4.78 is 5.11. The third-order valence-electron chi connectivity index (χ3n) is 1.96. The van der Waals surface area contributed by atoms with Gasteiger partial charge in [0.2, 0.25) is 0 Å². The van der Waals surface area contributed by atoms with Gasteiger partial charge in [-0.15, -0.1) is 0 Å². The van der Waals surface area contributed by atoms with E-state index in [-0.39, 0.29) is 18.1 Å². The maximum atomic E-state index is 10.4. The smallest absolute Gasteiger partial charge is 0.310 e. The van der Waals surface area contributed by atoms with E-state index < -0.39 is 5.97 Å². The zero-order valence-electron chi connectivity index (χ0n) is 5.36. The van der Waals surface area contributed by atoms with Gasteiger partial charge in [0.15, 0.2) is 0 Å². The van der Waals surface area contributed by atoms with E-state index in [1.165, 1.54) is 0 Å². The summed E-state index contributed by atoms with van der Waals surface area (Å²) in [6.45, 7) is 0. The van der Waals surface area contributed by atoms with Crippen LogP contribution in [0.25, 0.3) is 0 Å². The number of hydrogen-bond acceptors (Lipinski definition) is 2. The Kier molecular flexibility index (Phi) is 1.08. The summed E-state index contributed by atoms with van der Waals surface area (Å²) in [6.07, 6.45) is 4.64. The molecule has 1 aliphatic carbocycles. The van der Waals surface area contributed by atoms with Gasteiger partial charge >= 0.3 is 5.97 Å². The number of carboxylic acids is 1. The summed E-state index contributed by atoms with van der Waals surface area (Å²) >= 11 is 0. The van der Waals surface area contributed by atoms with Crippen molar-refractivity contribution in [1.82, 2.24) is 0 Å². The first kappa shape index (κ1) is 5.92. The van der Waals surface area contributed by atoms with E-state index in [9.17, 15) is 4.79 Å². The number of aliphatic carboxylic acids is 1. The molecule has 3 nitrogen and oxygen atoms in total. The Morgan fingerprint density at radius 3 is 3.00 bits per heavy atom. The molecule has 1 aliphatic heterocycles. The predicted molar refractivity (Wildman–Crippen MR) is 33.5 cm³/mol. The van der Waals surface area contributed by atoms with Gasteiger partial charge in [-0.1, -0.05) is 12.2 Å². The Balaban J connectivity index is 2.07. The quantitative estimate of drug-likeness (QED) is 0.424. The minimum absolute atomic E-state index is 0.200. The molecule has 0 spiro atoms. The van der Waals surface area contributed by atoms with Gasteiger partial charge in [0.1, 0.15) is 6.10 Å². The average Bonchev–Trinajstić information content (AvgIpc) is 2.63. The minimum atomic E-state index is -0.745. The van der Waals surface area contributed by atoms with Crippen LogP contribution in [0.3, 0.4) is 0 Å². The van der Waals surface area contributed by atoms with Crippen LogP contribution < -0.4 is 0 Å². The van der Waals surface area contributed by atoms with Crippen LogP contribution in [0.1, 0.15) is 6.42 Å². The monoisotopic (exact) mass is 140 g/mol. The third kappa shape index (κ3) is 0.827. The Bertz CT molecular complexity index is 197. The van der Waals surface area contributed by atoms with Crippen LogP contribution in [0.5, 0.6) is 0 Å². The zero-order chi connectivity index (χ0) is 7.14. The second kappa shape index (κ2) is 1.83. The van der Waals surface area contributed by atoms with Gasteiger partial charge in [-0.05, 0) is 6.42 Å². The van der Waals surface area contributed by atoms with E-state index in [4.69, 9.17) is 9.84 Å². The van der Waals surface area contributed by atoms with Gasteiger partial charge in [-0.25, -0.2) is 0 Å². The van der Waals surface area contributed by atoms with Gasteiger partial charge in [0.05, 0.1) is 12.0 Å². The molecule has 3 atom stereocenters. The lowest BCUT2D eigenvalue weighted by Gasteiger charge is -2.06. The highest BCUT2D eigenvalue weighted by atomic mass is 16.6. The van der Waals surface area contributed by atoms with Gasteiger partial charge in [-0.3, -0.25) is 4.79 Å². The van der Waals surface area contributed by atoms with Crippen LogP contribution in [0.2, 0.25) is 0 Å². The Hall–Kier alpha value is -0.830. The molecule has 0 amide bonds. The normalized spacial score (nSPS) is 42.6. The fourth-order valence-electron chi connectivity index (χ4n) is 1.27. The van der Waals surface area contributed by atoms with Crippen molar-refractivity contribution in [2.45, 2.75) is 18.6 Å². The summed E-state index contributed by atoms with van der Waals surface area (Å²) in [5.74, 6) is -1.06. The molecule has 0 radical (unpaired) electrons. The fraction of sp³-hybridized carbons (Fsp3) is 0.571. The number of epoxide rings is 1. The van der Waals surface area contributed by atoms with Crippen molar-refractivity contribution in [3.8, 4) is 0 Å². The Morgan fingerprint density at radius 1 is 1.60 bits per heavy atom. The largest absolute Gasteiger partial charge is 0.481 e. The molecular formula is C7H8O3. The first-order valence-electron chi connectivity index (χ1n) is 3.34. The molecule has 54 valence electrons. The molecule has 1 heterocycles. The second-order valence-corrected chi connectivity index (χ2v) is 2.70. The topological polar surface area (TPSA) is 49.8 Å². The van der Waals surface area contributed by atoms with Crippen LogP contribution in [-0.4, -0.2) is 23.3 Å². The van der Waals surface area contributed by atoms with E-state index in [0.717, 1.165) is 0 Å². The molecule has 2 aliphatic rings. The van der Waals surface area contributed by atoms with Crippen LogP contribution in [0.15, 0.2) is 12.2 Å². The number of rotatable bonds is 1. The number of carboxylic acid groups (broad SMARTS) is 1. The Morgan fingerprint density at radius 2 is 2.40 bits per heavy atom. The first-order valence-corrected chi connectivity index (χ1v) is 3.34. The molecule has 0 aromatic carbocycles. The van der Waals surface area contributed by atoms with Crippen molar-refractivity contribution in [2.75, 3.05) is 0 Å². The molecule has 0 unspecified atom stereocenters. The van der Waals surface area contributed by atoms with E-state index in [1.54, 1.807) is 6.08 Å².